The van der Waals surface area contributed by atoms with Crippen molar-refractivity contribution in [2.45, 2.75) is 19.3 Å². The van der Waals surface area contributed by atoms with Crippen molar-refractivity contribution in [2.75, 3.05) is 5.32 Å². The molecule has 3 aromatic rings. The maximum Gasteiger partial charge on any atom is 0.228 e. The van der Waals surface area contributed by atoms with Crippen molar-refractivity contribution in [1.29, 1.82) is 0 Å². The zero-order chi connectivity index (χ0) is 17.5. The number of Topliss-reactive ketones (excluding diaryl/α,β-unsaturated/α-hetero) is 1. The molecule has 0 aliphatic carbocycles. The Morgan fingerprint density at radius 2 is 1.68 bits per heavy atom. The molecule has 126 valence electrons. The van der Waals surface area contributed by atoms with Crippen molar-refractivity contribution in [3.05, 3.63) is 83.9 Å². The zero-order valence-corrected chi connectivity index (χ0v) is 13.7. The number of anilines is 1. The summed E-state index contributed by atoms with van der Waals surface area (Å²) in [6.07, 6.45) is 4.59. The molecule has 1 heterocycles. The van der Waals surface area contributed by atoms with E-state index in [2.05, 4.69) is 15.3 Å². The molecule has 2 N–H and O–H groups in total. The summed E-state index contributed by atoms with van der Waals surface area (Å²) in [5, 5.41) is 2.87. The van der Waals surface area contributed by atoms with Crippen LogP contribution in [0.5, 0.6) is 0 Å². The van der Waals surface area contributed by atoms with E-state index in [4.69, 9.17) is 0 Å². The molecule has 2 aromatic carbocycles. The van der Waals surface area contributed by atoms with Crippen LogP contribution >= 0.6 is 0 Å². The first-order chi connectivity index (χ1) is 12.2. The van der Waals surface area contributed by atoms with Crippen molar-refractivity contribution in [3.63, 3.8) is 0 Å². The molecule has 5 nitrogen and oxygen atoms in total. The highest BCUT2D eigenvalue weighted by molar-refractivity contribution is 5.93. The number of hydrogen-bond acceptors (Lipinski definition) is 3. The number of benzene rings is 2. The van der Waals surface area contributed by atoms with E-state index in [1.54, 1.807) is 12.4 Å². The highest BCUT2D eigenvalue weighted by atomic mass is 16.1. The predicted octanol–water partition coefficient (Wildman–Crippen LogP) is 3.41. The minimum Gasteiger partial charge on any atom is -0.342 e. The summed E-state index contributed by atoms with van der Waals surface area (Å²) in [5.41, 5.74) is 2.79. The number of rotatable bonds is 7. The number of nitrogens with one attached hydrogen (secondary N) is 2. The van der Waals surface area contributed by atoms with Crippen LogP contribution in [0.4, 0.5) is 5.69 Å². The molecule has 0 bridgehead atoms. The van der Waals surface area contributed by atoms with Crippen LogP contribution in [-0.2, 0) is 17.6 Å². The number of carbonyl (C=O) groups excluding carboxylic acids is 2. The molecule has 3 rings (SSSR count). The Balaban J connectivity index is 1.50. The van der Waals surface area contributed by atoms with Crippen LogP contribution in [0, 0.1) is 0 Å². The number of carbonyl (C=O) groups is 2. The van der Waals surface area contributed by atoms with E-state index in [-0.39, 0.29) is 11.7 Å². The number of aromatic amines is 1. The van der Waals surface area contributed by atoms with E-state index in [0.29, 0.717) is 25.1 Å². The van der Waals surface area contributed by atoms with Gasteiger partial charge in [0.25, 0.3) is 0 Å². The lowest BCUT2D eigenvalue weighted by Gasteiger charge is -2.06. The lowest BCUT2D eigenvalue weighted by atomic mass is 10.0. The van der Waals surface area contributed by atoms with E-state index in [1.807, 2.05) is 54.6 Å². The molecule has 0 aliphatic heterocycles. The minimum absolute atomic E-state index is 0.00341. The van der Waals surface area contributed by atoms with Gasteiger partial charge in [0.15, 0.2) is 11.6 Å². The highest BCUT2D eigenvalue weighted by Gasteiger charge is 2.08. The van der Waals surface area contributed by atoms with Gasteiger partial charge in [-0.3, -0.25) is 9.59 Å². The average molecular weight is 333 g/mol. The molecule has 0 unspecified atom stereocenters. The predicted molar refractivity (Wildman–Crippen MR) is 96.5 cm³/mol. The number of hydrogen-bond donors (Lipinski definition) is 2. The second-order valence-corrected chi connectivity index (χ2v) is 5.77. The monoisotopic (exact) mass is 333 g/mol. The lowest BCUT2D eigenvalue weighted by molar-refractivity contribution is -0.115. The smallest absolute Gasteiger partial charge is 0.228 e. The van der Waals surface area contributed by atoms with Gasteiger partial charge >= 0.3 is 0 Å². The SMILES string of the molecule is O=C(Cc1ccc(CCC(=O)c2ncc[nH]2)cc1)Nc1ccccc1. The Kier molecular flexibility index (Phi) is 5.36. The highest BCUT2D eigenvalue weighted by Crippen LogP contribution is 2.11. The molecule has 0 aliphatic rings. The van der Waals surface area contributed by atoms with E-state index in [9.17, 15) is 9.59 Å². The molecule has 0 saturated carbocycles. The number of imidazole rings is 1. The Morgan fingerprint density at radius 3 is 2.36 bits per heavy atom. The first kappa shape index (κ1) is 16.6. The molecular formula is C20H19N3O2. The third-order valence-corrected chi connectivity index (χ3v) is 3.85. The van der Waals surface area contributed by atoms with Gasteiger partial charge in [-0.25, -0.2) is 4.98 Å². The Hall–Kier alpha value is -3.21. The fourth-order valence-corrected chi connectivity index (χ4v) is 2.53. The molecule has 0 radical (unpaired) electrons. The van der Waals surface area contributed by atoms with Gasteiger partial charge < -0.3 is 10.3 Å². The summed E-state index contributed by atoms with van der Waals surface area (Å²) < 4.78 is 0. The van der Waals surface area contributed by atoms with E-state index >= 15 is 0 Å². The summed E-state index contributed by atoms with van der Waals surface area (Å²) in [6.45, 7) is 0. The average Bonchev–Trinajstić information content (AvgIpc) is 3.16. The molecular weight excluding hydrogens is 314 g/mol. The van der Waals surface area contributed by atoms with Gasteiger partial charge in [0.2, 0.25) is 5.91 Å². The van der Waals surface area contributed by atoms with Crippen LogP contribution in [0.1, 0.15) is 28.2 Å². The van der Waals surface area contributed by atoms with Crippen LogP contribution in [0.25, 0.3) is 0 Å². The van der Waals surface area contributed by atoms with Gasteiger partial charge in [0, 0.05) is 24.5 Å². The second-order valence-electron chi connectivity index (χ2n) is 5.77. The first-order valence-corrected chi connectivity index (χ1v) is 8.16. The standard InChI is InChI=1S/C20H19N3O2/c24-18(20-21-12-13-22-20)11-10-15-6-8-16(9-7-15)14-19(25)23-17-4-2-1-3-5-17/h1-9,12-13H,10-11,14H2,(H,21,22)(H,23,25). The van der Waals surface area contributed by atoms with Crippen molar-refractivity contribution < 1.29 is 9.59 Å². The van der Waals surface area contributed by atoms with E-state index in [1.165, 1.54) is 0 Å². The number of amides is 1. The maximum absolute atomic E-state index is 12.0. The number of para-hydroxylation sites is 1. The summed E-state index contributed by atoms with van der Waals surface area (Å²) in [4.78, 5) is 30.7. The first-order valence-electron chi connectivity index (χ1n) is 8.16. The third kappa shape index (κ3) is 4.88. The summed E-state index contributed by atoms with van der Waals surface area (Å²) >= 11 is 0. The van der Waals surface area contributed by atoms with Crippen LogP contribution in [-0.4, -0.2) is 21.7 Å². The number of aromatic nitrogens is 2. The topological polar surface area (TPSA) is 74.8 Å². The summed E-state index contributed by atoms with van der Waals surface area (Å²) in [5.74, 6) is 0.345. The quantitative estimate of drug-likeness (QED) is 0.651. The van der Waals surface area contributed by atoms with Gasteiger partial charge in [-0.1, -0.05) is 42.5 Å². The van der Waals surface area contributed by atoms with Gasteiger partial charge in [0.1, 0.15) is 0 Å². The fraction of sp³-hybridized carbons (Fsp3) is 0.150. The summed E-state index contributed by atoms with van der Waals surface area (Å²) in [7, 11) is 0. The number of ketones is 1. The zero-order valence-electron chi connectivity index (χ0n) is 13.7. The largest absolute Gasteiger partial charge is 0.342 e. The third-order valence-electron chi connectivity index (χ3n) is 3.85. The second kappa shape index (κ2) is 8.06. The van der Waals surface area contributed by atoms with Gasteiger partial charge in [-0.15, -0.1) is 0 Å². The maximum atomic E-state index is 12.0. The Morgan fingerprint density at radius 1 is 0.960 bits per heavy atom. The molecule has 1 aromatic heterocycles. The van der Waals surface area contributed by atoms with Crippen LogP contribution in [0.2, 0.25) is 0 Å². The molecule has 1 amide bonds. The van der Waals surface area contributed by atoms with Crippen molar-refractivity contribution in [3.8, 4) is 0 Å². The molecule has 0 fully saturated rings. The van der Waals surface area contributed by atoms with E-state index in [0.717, 1.165) is 16.8 Å². The van der Waals surface area contributed by atoms with Crippen molar-refractivity contribution in [2.24, 2.45) is 0 Å². The van der Waals surface area contributed by atoms with Crippen molar-refractivity contribution >= 4 is 17.4 Å². The normalized spacial score (nSPS) is 10.4. The lowest BCUT2D eigenvalue weighted by Crippen LogP contribution is -2.14. The van der Waals surface area contributed by atoms with Gasteiger partial charge in [-0.05, 0) is 29.7 Å². The molecule has 0 atom stereocenters. The molecule has 25 heavy (non-hydrogen) atoms. The van der Waals surface area contributed by atoms with E-state index < -0.39 is 0 Å². The van der Waals surface area contributed by atoms with Gasteiger partial charge in [-0.2, -0.15) is 0 Å². The van der Waals surface area contributed by atoms with Crippen LogP contribution in [0.3, 0.4) is 0 Å². The Bertz CT molecular complexity index is 825. The number of nitrogens with zero attached hydrogens (tertiary/aromatic N) is 1. The van der Waals surface area contributed by atoms with Crippen molar-refractivity contribution in [1.82, 2.24) is 9.97 Å². The molecule has 0 saturated heterocycles. The Labute approximate surface area is 146 Å². The van der Waals surface area contributed by atoms with Crippen LogP contribution in [0.15, 0.2) is 67.0 Å². The molecule has 5 heteroatoms. The summed E-state index contributed by atoms with van der Waals surface area (Å²) in [6, 6.07) is 17.2. The fourth-order valence-electron chi connectivity index (χ4n) is 2.53. The molecule has 0 spiro atoms. The number of H-pyrrole nitrogens is 1. The minimum atomic E-state index is -0.0491. The van der Waals surface area contributed by atoms with Gasteiger partial charge in [0.05, 0.1) is 6.42 Å². The van der Waals surface area contributed by atoms with Crippen LogP contribution < -0.4 is 5.32 Å². The number of aryl methyl sites for hydroxylation is 1.